The van der Waals surface area contributed by atoms with Gasteiger partial charge in [-0.1, -0.05) is 5.21 Å². The number of nitrogens with zero attached hydrogens (tertiary/aromatic N) is 4. The fraction of sp³-hybridized carbons (Fsp3) is 0.222. The number of ether oxygens (including phenoxy) is 1. The Morgan fingerprint density at radius 2 is 2.24 bits per heavy atom. The Labute approximate surface area is 118 Å². The minimum absolute atomic E-state index is 0.134. The summed E-state index contributed by atoms with van der Waals surface area (Å²) in [5.41, 5.74) is -0.274. The lowest BCUT2D eigenvalue weighted by Crippen LogP contribution is -2.24. The number of methoxy groups -OCH3 is 1. The van der Waals surface area contributed by atoms with Gasteiger partial charge in [-0.15, -0.1) is 10.2 Å². The number of hydrogen-bond donors (Lipinski definition) is 2. The van der Waals surface area contributed by atoms with Crippen molar-refractivity contribution in [2.45, 2.75) is 11.4 Å². The molecule has 0 radical (unpaired) electrons. The van der Waals surface area contributed by atoms with Crippen LogP contribution in [0.15, 0.2) is 23.1 Å². The molecular formula is C9H10N6O5S. The average Bonchev–Trinajstić information content (AvgIpc) is 2.97. The van der Waals surface area contributed by atoms with Gasteiger partial charge in [0.15, 0.2) is 5.82 Å². The number of nitrogens with one attached hydrogen (secondary N) is 2. The first-order valence-electron chi connectivity index (χ1n) is 5.48. The summed E-state index contributed by atoms with van der Waals surface area (Å²) in [7, 11) is -2.72. The van der Waals surface area contributed by atoms with Crippen LogP contribution in [0.1, 0.15) is 5.82 Å². The minimum atomic E-state index is -3.94. The molecule has 12 heteroatoms. The van der Waals surface area contributed by atoms with Crippen LogP contribution in [0.2, 0.25) is 0 Å². The molecule has 0 amide bonds. The van der Waals surface area contributed by atoms with Crippen molar-refractivity contribution in [3.63, 3.8) is 0 Å². The normalized spacial score (nSPS) is 11.3. The first-order valence-corrected chi connectivity index (χ1v) is 6.97. The highest BCUT2D eigenvalue weighted by atomic mass is 32.2. The Bertz CT molecular complexity index is 744. The number of nitro groups is 1. The third-order valence-corrected chi connectivity index (χ3v) is 3.90. The molecule has 2 rings (SSSR count). The quantitative estimate of drug-likeness (QED) is 0.539. The monoisotopic (exact) mass is 314 g/mol. The molecule has 0 saturated carbocycles. The Kier molecular flexibility index (Phi) is 4.09. The van der Waals surface area contributed by atoms with Crippen LogP contribution in [0.5, 0.6) is 5.75 Å². The van der Waals surface area contributed by atoms with E-state index >= 15 is 0 Å². The van der Waals surface area contributed by atoms with Crippen molar-refractivity contribution >= 4 is 15.7 Å². The highest BCUT2D eigenvalue weighted by molar-refractivity contribution is 7.89. The molecule has 11 nitrogen and oxygen atoms in total. The molecule has 0 aliphatic carbocycles. The molecule has 1 heterocycles. The van der Waals surface area contributed by atoms with Gasteiger partial charge in [-0.2, -0.15) is 5.21 Å². The number of H-pyrrole nitrogens is 1. The summed E-state index contributed by atoms with van der Waals surface area (Å²) in [5, 5.41) is 23.3. The number of aromatic nitrogens is 4. The zero-order chi connectivity index (χ0) is 15.5. The maximum absolute atomic E-state index is 12.1. The van der Waals surface area contributed by atoms with Crippen LogP contribution in [0.25, 0.3) is 0 Å². The summed E-state index contributed by atoms with van der Waals surface area (Å²) in [5.74, 6) is 0.0178. The van der Waals surface area contributed by atoms with Crippen molar-refractivity contribution in [3.8, 4) is 5.75 Å². The maximum atomic E-state index is 12.1. The zero-order valence-corrected chi connectivity index (χ0v) is 11.5. The summed E-state index contributed by atoms with van der Waals surface area (Å²) >= 11 is 0. The van der Waals surface area contributed by atoms with Gasteiger partial charge < -0.3 is 4.74 Å². The van der Waals surface area contributed by atoms with E-state index in [9.17, 15) is 18.5 Å². The lowest BCUT2D eigenvalue weighted by atomic mass is 10.3. The largest absolute Gasteiger partial charge is 0.495 e. The van der Waals surface area contributed by atoms with Gasteiger partial charge >= 0.3 is 0 Å². The lowest BCUT2D eigenvalue weighted by molar-refractivity contribution is -0.385. The van der Waals surface area contributed by atoms with Crippen LogP contribution in [0.3, 0.4) is 0 Å². The van der Waals surface area contributed by atoms with Crippen LogP contribution in [0, 0.1) is 10.1 Å². The van der Waals surface area contributed by atoms with E-state index in [2.05, 4.69) is 25.3 Å². The number of benzene rings is 1. The second kappa shape index (κ2) is 5.80. The van der Waals surface area contributed by atoms with Gasteiger partial charge in [-0.25, -0.2) is 13.1 Å². The molecular weight excluding hydrogens is 304 g/mol. The summed E-state index contributed by atoms with van der Waals surface area (Å²) < 4.78 is 31.4. The van der Waals surface area contributed by atoms with E-state index in [1.54, 1.807) is 0 Å². The molecule has 112 valence electrons. The topological polar surface area (TPSA) is 153 Å². The van der Waals surface area contributed by atoms with Crippen molar-refractivity contribution < 1.29 is 18.1 Å². The number of tetrazole rings is 1. The van der Waals surface area contributed by atoms with Gasteiger partial charge in [0.1, 0.15) is 10.6 Å². The Balaban J connectivity index is 2.28. The van der Waals surface area contributed by atoms with E-state index in [-0.39, 0.29) is 28.7 Å². The summed E-state index contributed by atoms with van der Waals surface area (Å²) in [4.78, 5) is 9.80. The highest BCUT2D eigenvalue weighted by Gasteiger charge is 2.22. The van der Waals surface area contributed by atoms with E-state index in [0.29, 0.717) is 0 Å². The van der Waals surface area contributed by atoms with Crippen molar-refractivity contribution in [3.05, 3.63) is 34.1 Å². The zero-order valence-electron chi connectivity index (χ0n) is 10.7. The molecule has 0 atom stereocenters. The Morgan fingerprint density at radius 3 is 2.81 bits per heavy atom. The van der Waals surface area contributed by atoms with Gasteiger partial charge in [-0.3, -0.25) is 10.1 Å². The predicted octanol–water partition coefficient (Wildman–Crippen LogP) is -0.405. The van der Waals surface area contributed by atoms with E-state index in [4.69, 9.17) is 4.74 Å². The van der Waals surface area contributed by atoms with Gasteiger partial charge in [-0.05, 0) is 6.07 Å². The molecule has 0 bridgehead atoms. The molecule has 0 spiro atoms. The standard InChI is InChI=1S/C9H10N6O5S/c1-20-7-4-6(15(16)17)2-3-8(7)21(18,19)10-5-9-11-13-14-12-9/h2-4,10H,5H2,1H3,(H,11,12,13,14). The van der Waals surface area contributed by atoms with Crippen LogP contribution in [-0.2, 0) is 16.6 Å². The number of hydrogen-bond acceptors (Lipinski definition) is 8. The summed E-state index contributed by atoms with van der Waals surface area (Å²) in [6.07, 6.45) is 0. The molecule has 0 saturated heterocycles. The molecule has 0 fully saturated rings. The second-order valence-electron chi connectivity index (χ2n) is 3.74. The average molecular weight is 314 g/mol. The van der Waals surface area contributed by atoms with Crippen LogP contribution >= 0.6 is 0 Å². The second-order valence-corrected chi connectivity index (χ2v) is 5.48. The van der Waals surface area contributed by atoms with Gasteiger partial charge in [0.25, 0.3) is 5.69 Å². The molecule has 21 heavy (non-hydrogen) atoms. The lowest BCUT2D eigenvalue weighted by Gasteiger charge is -2.09. The molecule has 0 aliphatic rings. The highest BCUT2D eigenvalue weighted by Crippen LogP contribution is 2.28. The first-order chi connectivity index (χ1) is 9.94. The van der Waals surface area contributed by atoms with Gasteiger partial charge in [0, 0.05) is 6.07 Å². The van der Waals surface area contributed by atoms with Crippen LogP contribution in [0.4, 0.5) is 5.69 Å². The number of non-ortho nitro benzene ring substituents is 1. The molecule has 1 aromatic carbocycles. The molecule has 1 aromatic heterocycles. The van der Waals surface area contributed by atoms with Gasteiger partial charge in [0.05, 0.1) is 24.6 Å². The van der Waals surface area contributed by atoms with E-state index in [0.717, 1.165) is 18.2 Å². The summed E-state index contributed by atoms with van der Waals surface area (Å²) in [6, 6.07) is 3.20. The van der Waals surface area contributed by atoms with Gasteiger partial charge in [0.2, 0.25) is 10.0 Å². The van der Waals surface area contributed by atoms with Crippen LogP contribution in [-0.4, -0.2) is 41.1 Å². The number of sulfonamides is 1. The molecule has 0 aliphatic heterocycles. The maximum Gasteiger partial charge on any atom is 0.273 e. The van der Waals surface area contributed by atoms with Crippen molar-refractivity contribution in [2.75, 3.05) is 7.11 Å². The minimum Gasteiger partial charge on any atom is -0.495 e. The summed E-state index contributed by atoms with van der Waals surface area (Å²) in [6.45, 7) is -0.182. The van der Waals surface area contributed by atoms with E-state index in [1.807, 2.05) is 0 Å². The first kappa shape index (κ1) is 14.8. The number of aromatic amines is 1. The third kappa shape index (κ3) is 3.29. The SMILES string of the molecule is COc1cc([N+](=O)[O-])ccc1S(=O)(=O)NCc1nn[nH]n1. The van der Waals surface area contributed by atoms with Crippen molar-refractivity contribution in [1.29, 1.82) is 0 Å². The number of rotatable bonds is 6. The third-order valence-electron chi connectivity index (χ3n) is 2.46. The molecule has 2 N–H and O–H groups in total. The number of nitro benzene ring substituents is 1. The fourth-order valence-electron chi connectivity index (χ4n) is 1.49. The Morgan fingerprint density at radius 1 is 1.48 bits per heavy atom. The predicted molar refractivity (Wildman–Crippen MR) is 67.9 cm³/mol. The van der Waals surface area contributed by atoms with E-state index in [1.165, 1.54) is 7.11 Å². The van der Waals surface area contributed by atoms with E-state index < -0.39 is 14.9 Å². The Hall–Kier alpha value is -2.60. The molecule has 2 aromatic rings. The van der Waals surface area contributed by atoms with Crippen LogP contribution < -0.4 is 9.46 Å². The van der Waals surface area contributed by atoms with Crippen molar-refractivity contribution in [2.24, 2.45) is 0 Å². The smallest absolute Gasteiger partial charge is 0.273 e. The van der Waals surface area contributed by atoms with Crippen molar-refractivity contribution in [1.82, 2.24) is 25.3 Å². The molecule has 0 unspecified atom stereocenters. The fourth-order valence-corrected chi connectivity index (χ4v) is 2.62.